The van der Waals surface area contributed by atoms with E-state index in [1.54, 1.807) is 11.8 Å². The molecule has 0 saturated heterocycles. The van der Waals surface area contributed by atoms with Gasteiger partial charge in [0.1, 0.15) is 0 Å². The van der Waals surface area contributed by atoms with Crippen molar-refractivity contribution in [3.05, 3.63) is 118 Å². The van der Waals surface area contributed by atoms with Crippen molar-refractivity contribution in [3.63, 3.8) is 0 Å². The van der Waals surface area contributed by atoms with Crippen LogP contribution in [-0.4, -0.2) is 16.0 Å². The number of halogens is 1. The van der Waals surface area contributed by atoms with Crippen LogP contribution >= 0.6 is 23.4 Å². The van der Waals surface area contributed by atoms with E-state index >= 15 is 0 Å². The summed E-state index contributed by atoms with van der Waals surface area (Å²) < 4.78 is 0. The molecule has 3 aromatic rings. The van der Waals surface area contributed by atoms with Gasteiger partial charge in [-0.1, -0.05) is 84.0 Å². The molecule has 0 bridgehead atoms. The van der Waals surface area contributed by atoms with E-state index in [2.05, 4.69) is 27.8 Å². The van der Waals surface area contributed by atoms with Gasteiger partial charge in [-0.3, -0.25) is 4.79 Å². The number of rotatable bonds is 4. The highest BCUT2D eigenvalue weighted by molar-refractivity contribution is 8.16. The molecule has 6 heteroatoms. The summed E-state index contributed by atoms with van der Waals surface area (Å²) >= 11 is 7.69. The van der Waals surface area contributed by atoms with Gasteiger partial charge in [0.2, 0.25) is 0 Å². The highest BCUT2D eigenvalue weighted by Gasteiger charge is 2.40. The number of allylic oxidation sites excluding steroid dienone is 1. The summed E-state index contributed by atoms with van der Waals surface area (Å²) in [6.45, 7) is 1.90. The van der Waals surface area contributed by atoms with Crippen molar-refractivity contribution in [1.29, 1.82) is 0 Å². The van der Waals surface area contributed by atoms with E-state index in [1.165, 1.54) is 0 Å². The largest absolute Gasteiger partial charge is 0.322 e. The highest BCUT2D eigenvalue weighted by Crippen LogP contribution is 2.46. The van der Waals surface area contributed by atoms with E-state index in [0.717, 1.165) is 33.4 Å². The predicted molar refractivity (Wildman–Crippen MR) is 133 cm³/mol. The zero-order valence-corrected chi connectivity index (χ0v) is 18.9. The average molecular weight is 458 g/mol. The number of benzene rings is 3. The Kier molecular flexibility index (Phi) is 5.60. The van der Waals surface area contributed by atoms with Gasteiger partial charge in [0.25, 0.3) is 5.91 Å². The number of nitrogens with zero attached hydrogens (tertiary/aromatic N) is 2. The van der Waals surface area contributed by atoms with E-state index in [-0.39, 0.29) is 11.9 Å². The Morgan fingerprint density at radius 3 is 2.31 bits per heavy atom. The number of amides is 1. The number of nitrogens with one attached hydrogen (secondary N) is 1. The third-order valence-electron chi connectivity index (χ3n) is 5.46. The van der Waals surface area contributed by atoms with Crippen molar-refractivity contribution >= 4 is 45.8 Å². The maximum Gasteiger partial charge on any atom is 0.255 e. The summed E-state index contributed by atoms with van der Waals surface area (Å²) in [5.41, 5.74) is 5.15. The lowest BCUT2D eigenvalue weighted by Gasteiger charge is -2.36. The third kappa shape index (κ3) is 3.85. The van der Waals surface area contributed by atoms with Gasteiger partial charge in [0.05, 0.1) is 23.0 Å². The van der Waals surface area contributed by atoms with Crippen LogP contribution in [0.2, 0.25) is 5.02 Å². The summed E-state index contributed by atoms with van der Waals surface area (Å²) in [4.78, 5) is 20.5. The predicted octanol–water partition coefficient (Wildman–Crippen LogP) is 6.71. The molecule has 5 rings (SSSR count). The van der Waals surface area contributed by atoms with E-state index < -0.39 is 0 Å². The van der Waals surface area contributed by atoms with Gasteiger partial charge in [-0.25, -0.2) is 4.99 Å². The molecule has 0 saturated carbocycles. The van der Waals surface area contributed by atoms with Crippen molar-refractivity contribution < 1.29 is 4.79 Å². The first-order valence-corrected chi connectivity index (χ1v) is 11.5. The minimum absolute atomic E-state index is 0.155. The molecule has 1 N–H and O–H groups in total. The number of carbonyl (C=O) groups is 1. The van der Waals surface area contributed by atoms with Gasteiger partial charge in [-0.05, 0) is 42.3 Å². The van der Waals surface area contributed by atoms with Gasteiger partial charge in [-0.2, -0.15) is 0 Å². The number of fused-ring (bicyclic) bond motifs is 1. The first-order chi connectivity index (χ1) is 15.6. The molecule has 1 amide bonds. The molecular weight excluding hydrogens is 438 g/mol. The van der Waals surface area contributed by atoms with Gasteiger partial charge in [0.15, 0.2) is 5.17 Å². The molecule has 0 fully saturated rings. The normalized spacial score (nSPS) is 17.6. The SMILES string of the molecule is CC1=C(C(=O)Nc2ccccc2)[C@H](c2ccccc2)N2C(c3ccc(Cl)cc3)=CSC2=N1. The fraction of sp³-hybridized carbons (Fsp3) is 0.0769. The van der Waals surface area contributed by atoms with E-state index in [0.29, 0.717) is 10.6 Å². The minimum atomic E-state index is -0.302. The van der Waals surface area contributed by atoms with Crippen molar-refractivity contribution in [3.8, 4) is 0 Å². The topological polar surface area (TPSA) is 44.7 Å². The van der Waals surface area contributed by atoms with Crippen LogP contribution < -0.4 is 5.32 Å². The minimum Gasteiger partial charge on any atom is -0.322 e. The number of anilines is 1. The summed E-state index contributed by atoms with van der Waals surface area (Å²) in [5.74, 6) is -0.155. The second-order valence-electron chi connectivity index (χ2n) is 7.52. The Balaban J connectivity index is 1.60. The third-order valence-corrected chi connectivity index (χ3v) is 6.55. The van der Waals surface area contributed by atoms with Crippen LogP contribution in [-0.2, 0) is 4.79 Å². The molecule has 2 aliphatic rings. The molecular formula is C26H20ClN3OS. The average Bonchev–Trinajstić information content (AvgIpc) is 3.23. The molecule has 0 spiro atoms. The summed E-state index contributed by atoms with van der Waals surface area (Å²) in [5, 5.41) is 6.68. The van der Waals surface area contributed by atoms with Gasteiger partial charge < -0.3 is 10.2 Å². The smallest absolute Gasteiger partial charge is 0.255 e. The highest BCUT2D eigenvalue weighted by atomic mass is 35.5. The first kappa shape index (κ1) is 20.6. The van der Waals surface area contributed by atoms with E-state index in [1.807, 2.05) is 79.7 Å². The summed E-state index contributed by atoms with van der Waals surface area (Å²) in [6.07, 6.45) is 0. The quantitative estimate of drug-likeness (QED) is 0.473. The van der Waals surface area contributed by atoms with Crippen LogP contribution in [0.4, 0.5) is 5.69 Å². The second kappa shape index (κ2) is 8.69. The monoisotopic (exact) mass is 457 g/mol. The zero-order chi connectivity index (χ0) is 22.1. The number of carbonyl (C=O) groups excluding carboxylic acids is 1. The molecule has 0 aliphatic carbocycles. The maximum absolute atomic E-state index is 13.5. The molecule has 0 aromatic heterocycles. The van der Waals surface area contributed by atoms with Crippen LogP contribution in [0.25, 0.3) is 5.70 Å². The molecule has 1 atom stereocenters. The molecule has 4 nitrogen and oxygen atoms in total. The zero-order valence-electron chi connectivity index (χ0n) is 17.3. The van der Waals surface area contributed by atoms with Crippen molar-refractivity contribution in [2.45, 2.75) is 13.0 Å². The van der Waals surface area contributed by atoms with Crippen LogP contribution in [0.15, 0.2) is 107 Å². The number of amidine groups is 1. The Morgan fingerprint density at radius 1 is 0.969 bits per heavy atom. The lowest BCUT2D eigenvalue weighted by Crippen LogP contribution is -2.37. The van der Waals surface area contributed by atoms with Gasteiger partial charge in [-0.15, -0.1) is 0 Å². The lowest BCUT2D eigenvalue weighted by molar-refractivity contribution is -0.113. The Morgan fingerprint density at radius 2 is 1.62 bits per heavy atom. The Bertz CT molecular complexity index is 1250. The number of thioether (sulfide) groups is 1. The fourth-order valence-corrected chi connectivity index (χ4v) is 5.07. The Hall–Kier alpha value is -3.28. The maximum atomic E-state index is 13.5. The molecule has 3 aromatic carbocycles. The van der Waals surface area contributed by atoms with Crippen LogP contribution in [0, 0.1) is 0 Å². The van der Waals surface area contributed by atoms with Crippen molar-refractivity contribution in [2.24, 2.45) is 4.99 Å². The van der Waals surface area contributed by atoms with Crippen LogP contribution in [0.5, 0.6) is 0 Å². The van der Waals surface area contributed by atoms with E-state index in [9.17, 15) is 4.79 Å². The summed E-state index contributed by atoms with van der Waals surface area (Å²) in [7, 11) is 0. The fourth-order valence-electron chi connectivity index (χ4n) is 3.97. The molecule has 2 aliphatic heterocycles. The van der Waals surface area contributed by atoms with Gasteiger partial charge in [0, 0.05) is 16.1 Å². The number of aliphatic imine (C=N–C) groups is 1. The lowest BCUT2D eigenvalue weighted by atomic mass is 9.92. The molecule has 2 heterocycles. The van der Waals surface area contributed by atoms with Crippen molar-refractivity contribution in [1.82, 2.24) is 4.90 Å². The number of hydrogen-bond acceptors (Lipinski definition) is 4. The first-order valence-electron chi connectivity index (χ1n) is 10.2. The number of hydrogen-bond donors (Lipinski definition) is 1. The van der Waals surface area contributed by atoms with Crippen molar-refractivity contribution in [2.75, 3.05) is 5.32 Å². The summed E-state index contributed by atoms with van der Waals surface area (Å²) in [6, 6.07) is 27.0. The molecule has 0 unspecified atom stereocenters. The van der Waals surface area contributed by atoms with Crippen LogP contribution in [0.1, 0.15) is 24.1 Å². The molecule has 32 heavy (non-hydrogen) atoms. The Labute approximate surface area is 196 Å². The standard InChI is InChI=1S/C26H20ClN3OS/c1-17-23(25(31)29-21-10-6-3-7-11-21)24(19-8-4-2-5-9-19)30-22(16-32-26(30)28-17)18-12-14-20(27)15-13-18/h2-16,24H,1H3,(H,29,31)/t24-/m0/s1. The van der Waals surface area contributed by atoms with E-state index in [4.69, 9.17) is 16.6 Å². The second-order valence-corrected chi connectivity index (χ2v) is 8.80. The molecule has 0 radical (unpaired) electrons. The van der Waals surface area contributed by atoms with Gasteiger partial charge >= 0.3 is 0 Å². The molecule has 158 valence electrons. The number of para-hydroxylation sites is 1. The van der Waals surface area contributed by atoms with Crippen LogP contribution in [0.3, 0.4) is 0 Å².